The molecule has 0 saturated heterocycles. The smallest absolute Gasteiger partial charge is 0.264 e. The standard InChI is InChI=1S/C31H38FN3O5S/c1-5-40-28-15-17-29(18-16-28)41(38,39)35(27-13-11-26(32)12-14-27)22-30(36)34(20-19-25-9-7-6-8-10-25)24(4)31(37)33-21-23(2)3/h6-18,23-24H,5,19-22H2,1-4H3,(H,33,37). The first-order chi connectivity index (χ1) is 19.5. The zero-order valence-electron chi connectivity index (χ0n) is 23.9. The molecular weight excluding hydrogens is 545 g/mol. The van der Waals surface area contributed by atoms with Crippen molar-refractivity contribution in [2.24, 2.45) is 5.92 Å². The SMILES string of the molecule is CCOc1ccc(S(=O)(=O)N(CC(=O)N(CCc2ccccc2)C(C)C(=O)NCC(C)C)c2ccc(F)cc2)cc1. The van der Waals surface area contributed by atoms with Crippen molar-refractivity contribution in [2.75, 3.05) is 30.5 Å². The number of carbonyl (C=O) groups excluding carboxylic acids is 2. The predicted octanol–water partition coefficient (Wildman–Crippen LogP) is 4.65. The number of hydrogen-bond donors (Lipinski definition) is 1. The average molecular weight is 584 g/mol. The van der Waals surface area contributed by atoms with Gasteiger partial charge in [0.1, 0.15) is 24.2 Å². The van der Waals surface area contributed by atoms with E-state index in [2.05, 4.69) is 5.32 Å². The molecule has 0 aliphatic heterocycles. The summed E-state index contributed by atoms with van der Waals surface area (Å²) in [6.07, 6.45) is 0.469. The Kier molecular flexibility index (Phi) is 11.3. The average Bonchev–Trinajstić information content (AvgIpc) is 2.96. The number of benzene rings is 3. The predicted molar refractivity (Wildman–Crippen MR) is 158 cm³/mol. The fraction of sp³-hybridized carbons (Fsp3) is 0.355. The topological polar surface area (TPSA) is 96.0 Å². The van der Waals surface area contributed by atoms with Gasteiger partial charge in [0.2, 0.25) is 11.8 Å². The number of ether oxygens (including phenoxy) is 1. The van der Waals surface area contributed by atoms with E-state index in [1.807, 2.05) is 51.1 Å². The maximum atomic E-state index is 13.9. The van der Waals surface area contributed by atoms with Crippen LogP contribution in [0.15, 0.2) is 83.8 Å². The molecule has 3 rings (SSSR count). The van der Waals surface area contributed by atoms with Crippen molar-refractivity contribution in [3.63, 3.8) is 0 Å². The highest BCUT2D eigenvalue weighted by Crippen LogP contribution is 2.26. The highest BCUT2D eigenvalue weighted by molar-refractivity contribution is 7.92. The summed E-state index contributed by atoms with van der Waals surface area (Å²) in [5.74, 6) is -0.717. The molecule has 0 saturated carbocycles. The molecule has 2 amide bonds. The first kappa shape index (κ1) is 31.6. The summed E-state index contributed by atoms with van der Waals surface area (Å²) in [6, 6.07) is 19.4. The number of sulfonamides is 1. The van der Waals surface area contributed by atoms with Crippen molar-refractivity contribution in [2.45, 2.75) is 45.1 Å². The second kappa shape index (κ2) is 14.6. The summed E-state index contributed by atoms with van der Waals surface area (Å²) < 4.78 is 47.8. The van der Waals surface area contributed by atoms with E-state index in [1.165, 1.54) is 41.3 Å². The van der Waals surface area contributed by atoms with E-state index in [9.17, 15) is 22.4 Å². The Hall–Kier alpha value is -3.92. The quantitative estimate of drug-likeness (QED) is 0.298. The van der Waals surface area contributed by atoms with Gasteiger partial charge in [0.15, 0.2) is 0 Å². The van der Waals surface area contributed by atoms with Crippen LogP contribution in [-0.2, 0) is 26.0 Å². The molecule has 0 radical (unpaired) electrons. The van der Waals surface area contributed by atoms with Gasteiger partial charge in [0.25, 0.3) is 10.0 Å². The van der Waals surface area contributed by atoms with Gasteiger partial charge in [-0.05, 0) is 80.3 Å². The van der Waals surface area contributed by atoms with Crippen LogP contribution in [0.3, 0.4) is 0 Å². The molecule has 1 unspecified atom stereocenters. The minimum Gasteiger partial charge on any atom is -0.494 e. The highest BCUT2D eigenvalue weighted by atomic mass is 32.2. The summed E-state index contributed by atoms with van der Waals surface area (Å²) in [5, 5.41) is 2.86. The zero-order chi connectivity index (χ0) is 30.0. The van der Waals surface area contributed by atoms with Crippen molar-refractivity contribution in [1.29, 1.82) is 0 Å². The summed E-state index contributed by atoms with van der Waals surface area (Å²) in [4.78, 5) is 28.2. The summed E-state index contributed by atoms with van der Waals surface area (Å²) in [5.41, 5.74) is 1.09. The lowest BCUT2D eigenvalue weighted by Gasteiger charge is -2.32. The molecule has 1 N–H and O–H groups in total. The molecule has 0 aromatic heterocycles. The highest BCUT2D eigenvalue weighted by Gasteiger charge is 2.32. The third-order valence-electron chi connectivity index (χ3n) is 6.45. The second-order valence-corrected chi connectivity index (χ2v) is 11.9. The Morgan fingerprint density at radius 3 is 2.15 bits per heavy atom. The maximum Gasteiger partial charge on any atom is 0.264 e. The summed E-state index contributed by atoms with van der Waals surface area (Å²) in [6.45, 7) is 7.85. The van der Waals surface area contributed by atoms with Gasteiger partial charge in [0, 0.05) is 13.1 Å². The number of halogens is 1. The Morgan fingerprint density at radius 2 is 1.56 bits per heavy atom. The molecule has 3 aromatic rings. The van der Waals surface area contributed by atoms with E-state index in [1.54, 1.807) is 6.92 Å². The zero-order valence-corrected chi connectivity index (χ0v) is 24.7. The van der Waals surface area contributed by atoms with Gasteiger partial charge in [-0.3, -0.25) is 13.9 Å². The molecule has 220 valence electrons. The first-order valence-electron chi connectivity index (χ1n) is 13.6. The van der Waals surface area contributed by atoms with Crippen molar-refractivity contribution >= 4 is 27.5 Å². The molecule has 0 aliphatic rings. The minimum absolute atomic E-state index is 0.0587. The van der Waals surface area contributed by atoms with Crippen LogP contribution in [0.25, 0.3) is 0 Å². The molecule has 10 heteroatoms. The van der Waals surface area contributed by atoms with Crippen LogP contribution < -0.4 is 14.4 Å². The van der Waals surface area contributed by atoms with Gasteiger partial charge in [0.05, 0.1) is 17.2 Å². The van der Waals surface area contributed by atoms with E-state index in [0.29, 0.717) is 25.3 Å². The number of hydrogen-bond acceptors (Lipinski definition) is 5. The lowest BCUT2D eigenvalue weighted by molar-refractivity contribution is -0.138. The number of carbonyl (C=O) groups is 2. The van der Waals surface area contributed by atoms with Crippen LogP contribution >= 0.6 is 0 Å². The van der Waals surface area contributed by atoms with E-state index >= 15 is 0 Å². The molecule has 41 heavy (non-hydrogen) atoms. The number of rotatable bonds is 14. The normalized spacial score (nSPS) is 12.0. The fourth-order valence-electron chi connectivity index (χ4n) is 4.16. The Balaban J connectivity index is 1.95. The number of amides is 2. The molecule has 8 nitrogen and oxygen atoms in total. The van der Waals surface area contributed by atoms with Crippen LogP contribution in [0.4, 0.5) is 10.1 Å². The molecule has 1 atom stereocenters. The third kappa shape index (κ3) is 8.78. The lowest BCUT2D eigenvalue weighted by Crippen LogP contribution is -2.52. The summed E-state index contributed by atoms with van der Waals surface area (Å²) >= 11 is 0. The number of nitrogens with zero attached hydrogens (tertiary/aromatic N) is 2. The Morgan fingerprint density at radius 1 is 0.927 bits per heavy atom. The summed E-state index contributed by atoms with van der Waals surface area (Å²) in [7, 11) is -4.25. The third-order valence-corrected chi connectivity index (χ3v) is 8.24. The van der Waals surface area contributed by atoms with Crippen LogP contribution in [-0.4, -0.2) is 57.4 Å². The molecule has 0 aliphatic carbocycles. The van der Waals surface area contributed by atoms with E-state index in [-0.39, 0.29) is 29.0 Å². The van der Waals surface area contributed by atoms with Gasteiger partial charge in [-0.25, -0.2) is 12.8 Å². The number of anilines is 1. The molecule has 3 aromatic carbocycles. The Bertz CT molecular complexity index is 1380. The molecule has 0 fully saturated rings. The molecule has 0 bridgehead atoms. The van der Waals surface area contributed by atoms with Gasteiger partial charge >= 0.3 is 0 Å². The largest absolute Gasteiger partial charge is 0.494 e. The van der Waals surface area contributed by atoms with Gasteiger partial charge in [-0.2, -0.15) is 0 Å². The van der Waals surface area contributed by atoms with Gasteiger partial charge in [-0.1, -0.05) is 44.2 Å². The van der Waals surface area contributed by atoms with Crippen LogP contribution in [0.1, 0.15) is 33.3 Å². The van der Waals surface area contributed by atoms with Crippen molar-refractivity contribution < 1.29 is 27.1 Å². The van der Waals surface area contributed by atoms with Crippen molar-refractivity contribution in [3.8, 4) is 5.75 Å². The van der Waals surface area contributed by atoms with Gasteiger partial charge < -0.3 is 15.0 Å². The van der Waals surface area contributed by atoms with Crippen LogP contribution in [0.5, 0.6) is 5.75 Å². The minimum atomic E-state index is -4.25. The fourth-order valence-corrected chi connectivity index (χ4v) is 5.57. The second-order valence-electron chi connectivity index (χ2n) is 10.0. The maximum absolute atomic E-state index is 13.9. The Labute approximate surface area is 242 Å². The van der Waals surface area contributed by atoms with E-state index < -0.39 is 34.3 Å². The first-order valence-corrected chi connectivity index (χ1v) is 15.1. The van der Waals surface area contributed by atoms with E-state index in [4.69, 9.17) is 4.74 Å². The number of nitrogens with one attached hydrogen (secondary N) is 1. The van der Waals surface area contributed by atoms with Crippen LogP contribution in [0.2, 0.25) is 0 Å². The molecular formula is C31H38FN3O5S. The van der Waals surface area contributed by atoms with Crippen molar-refractivity contribution in [1.82, 2.24) is 10.2 Å². The van der Waals surface area contributed by atoms with Crippen molar-refractivity contribution in [3.05, 3.63) is 90.2 Å². The van der Waals surface area contributed by atoms with Gasteiger partial charge in [-0.15, -0.1) is 0 Å². The monoisotopic (exact) mass is 583 g/mol. The molecule has 0 heterocycles. The van der Waals surface area contributed by atoms with E-state index in [0.717, 1.165) is 22.0 Å². The lowest BCUT2D eigenvalue weighted by atomic mass is 10.1. The van der Waals surface area contributed by atoms with Crippen LogP contribution in [0, 0.1) is 11.7 Å². The molecule has 0 spiro atoms.